The predicted octanol–water partition coefficient (Wildman–Crippen LogP) is 3.93. The Morgan fingerprint density at radius 1 is 1.28 bits per heavy atom. The maximum absolute atomic E-state index is 13.9. The molecule has 0 aliphatic carbocycles. The number of aliphatic hydroxyl groups is 1. The van der Waals surface area contributed by atoms with Crippen LogP contribution in [0.5, 0.6) is 5.75 Å². The highest BCUT2D eigenvalue weighted by molar-refractivity contribution is 9.10. The summed E-state index contributed by atoms with van der Waals surface area (Å²) in [5.74, 6) is 0.0683. The lowest BCUT2D eigenvalue weighted by atomic mass is 9.93. The number of halogens is 2. The lowest BCUT2D eigenvalue weighted by Crippen LogP contribution is -2.35. The maximum atomic E-state index is 13.9. The van der Waals surface area contributed by atoms with Crippen molar-refractivity contribution < 1.29 is 14.2 Å². The normalized spacial score (nSPS) is 17.9. The largest absolute Gasteiger partial charge is 0.486 e. The molecule has 190 valence electrons. The Morgan fingerprint density at radius 2 is 2.03 bits per heavy atom. The Morgan fingerprint density at radius 3 is 2.72 bits per heavy atom. The van der Waals surface area contributed by atoms with Crippen LogP contribution in [-0.4, -0.2) is 29.6 Å². The van der Waals surface area contributed by atoms with Crippen molar-refractivity contribution in [3.63, 3.8) is 0 Å². The molecule has 2 N–H and O–H groups in total. The molecule has 0 fully saturated rings. The Labute approximate surface area is 216 Å². The quantitative estimate of drug-likeness (QED) is 0.467. The van der Waals surface area contributed by atoms with Gasteiger partial charge in [-0.2, -0.15) is 0 Å². The van der Waals surface area contributed by atoms with Crippen molar-refractivity contribution in [3.8, 4) is 5.75 Å². The van der Waals surface area contributed by atoms with Crippen molar-refractivity contribution in [2.75, 3.05) is 0 Å². The molecular weight excluding hydrogens is 531 g/mol. The van der Waals surface area contributed by atoms with Gasteiger partial charge in [0.25, 0.3) is 5.56 Å². The molecule has 4 rings (SSSR count). The highest BCUT2D eigenvalue weighted by atomic mass is 79.9. The minimum Gasteiger partial charge on any atom is -0.486 e. The van der Waals surface area contributed by atoms with Gasteiger partial charge in [0.15, 0.2) is 11.6 Å². The molecule has 0 saturated carbocycles. The average molecular weight is 559 g/mol. The van der Waals surface area contributed by atoms with Crippen LogP contribution in [0.2, 0.25) is 0 Å². The SMILES string of the molecule is CC1=CN[C@@H](c2nc(C(C)(C)O)ncc2C)C[C@H]1n1c(C)cc(OCc2ncncc2F)c(Br)c1=O. The van der Waals surface area contributed by atoms with Crippen LogP contribution in [0.1, 0.15) is 67.7 Å². The van der Waals surface area contributed by atoms with Crippen LogP contribution in [0.25, 0.3) is 0 Å². The number of nitrogens with zero attached hydrogens (tertiary/aromatic N) is 5. The fourth-order valence-corrected chi connectivity index (χ4v) is 4.60. The van der Waals surface area contributed by atoms with Crippen molar-refractivity contribution in [2.45, 2.75) is 65.3 Å². The van der Waals surface area contributed by atoms with Gasteiger partial charge in [0.2, 0.25) is 0 Å². The lowest BCUT2D eigenvalue weighted by molar-refractivity contribution is 0.0682. The Hall–Kier alpha value is -3.18. The lowest BCUT2D eigenvalue weighted by Gasteiger charge is -2.33. The molecule has 11 heteroatoms. The molecule has 3 aromatic heterocycles. The third kappa shape index (κ3) is 5.17. The van der Waals surface area contributed by atoms with Gasteiger partial charge in [-0.05, 0) is 74.3 Å². The van der Waals surface area contributed by atoms with E-state index in [1.54, 1.807) is 30.7 Å². The van der Waals surface area contributed by atoms with E-state index in [4.69, 9.17) is 4.74 Å². The smallest absolute Gasteiger partial charge is 0.269 e. The van der Waals surface area contributed by atoms with Crippen molar-refractivity contribution in [1.82, 2.24) is 29.8 Å². The van der Waals surface area contributed by atoms with Gasteiger partial charge in [0, 0.05) is 18.0 Å². The average Bonchev–Trinajstić information content (AvgIpc) is 2.82. The van der Waals surface area contributed by atoms with Crippen molar-refractivity contribution in [3.05, 3.63) is 85.7 Å². The van der Waals surface area contributed by atoms with Gasteiger partial charge in [-0.25, -0.2) is 24.3 Å². The number of hydrogen-bond acceptors (Lipinski definition) is 8. The zero-order valence-electron chi connectivity index (χ0n) is 20.7. The summed E-state index contributed by atoms with van der Waals surface area (Å²) in [5.41, 5.74) is 1.99. The van der Waals surface area contributed by atoms with Crippen LogP contribution in [0, 0.1) is 19.7 Å². The predicted molar refractivity (Wildman–Crippen MR) is 135 cm³/mol. The Kier molecular flexibility index (Phi) is 7.24. The topological polar surface area (TPSA) is 115 Å². The number of hydrogen-bond donors (Lipinski definition) is 2. The first-order chi connectivity index (χ1) is 17.0. The van der Waals surface area contributed by atoms with Crippen LogP contribution in [0.4, 0.5) is 4.39 Å². The standard InChI is InChI=1S/C25H28BrFN6O3/c1-13-8-29-17(22-14(2)9-30-24(32-22)25(4,5)35)7-19(13)33-15(3)6-20(21(26)23(33)34)36-11-18-16(27)10-28-12-31-18/h6,8-10,12,17,19,29,35H,7,11H2,1-5H3/t17-,19-/m1/s1. The van der Waals surface area contributed by atoms with E-state index in [-0.39, 0.29) is 34.4 Å². The van der Waals surface area contributed by atoms with Gasteiger partial charge in [-0.3, -0.25) is 4.79 Å². The summed E-state index contributed by atoms with van der Waals surface area (Å²) >= 11 is 3.38. The summed E-state index contributed by atoms with van der Waals surface area (Å²) in [6.45, 7) is 8.87. The highest BCUT2D eigenvalue weighted by Gasteiger charge is 2.30. The fourth-order valence-electron chi connectivity index (χ4n) is 4.18. The van der Waals surface area contributed by atoms with E-state index in [0.717, 1.165) is 23.0 Å². The van der Waals surface area contributed by atoms with E-state index in [2.05, 4.69) is 41.2 Å². The second kappa shape index (κ2) is 10.1. The summed E-state index contributed by atoms with van der Waals surface area (Å²) in [6.07, 6.45) is 6.47. The fraction of sp³-hybridized carbons (Fsp3) is 0.400. The minimum atomic E-state index is -1.18. The molecule has 0 aromatic carbocycles. The number of ether oxygens (including phenoxy) is 1. The summed E-state index contributed by atoms with van der Waals surface area (Å²) in [4.78, 5) is 29.9. The zero-order valence-corrected chi connectivity index (χ0v) is 22.3. The second-order valence-corrected chi connectivity index (χ2v) is 10.2. The Balaban J connectivity index is 1.65. The molecule has 36 heavy (non-hydrogen) atoms. The van der Waals surface area contributed by atoms with Crippen LogP contribution in [0.15, 0.2) is 45.8 Å². The van der Waals surface area contributed by atoms with Crippen LogP contribution in [0.3, 0.4) is 0 Å². The van der Waals surface area contributed by atoms with Gasteiger partial charge in [-0.15, -0.1) is 0 Å². The molecule has 3 aromatic rings. The minimum absolute atomic E-state index is 0.101. The van der Waals surface area contributed by atoms with Crippen LogP contribution < -0.4 is 15.6 Å². The molecular formula is C25H28BrFN6O3. The third-order valence-electron chi connectivity index (χ3n) is 6.15. The first-order valence-electron chi connectivity index (χ1n) is 11.4. The molecule has 2 atom stereocenters. The molecule has 4 heterocycles. The van der Waals surface area contributed by atoms with E-state index in [1.807, 2.05) is 27.0 Å². The number of allylic oxidation sites excluding steroid dienone is 1. The van der Waals surface area contributed by atoms with Gasteiger partial charge in [0.05, 0.1) is 24.0 Å². The number of rotatable bonds is 6. The molecule has 0 saturated heterocycles. The molecule has 0 bridgehead atoms. The van der Waals surface area contributed by atoms with Crippen LogP contribution >= 0.6 is 15.9 Å². The summed E-state index contributed by atoms with van der Waals surface area (Å²) < 4.78 is 21.6. The molecule has 1 aliphatic heterocycles. The summed E-state index contributed by atoms with van der Waals surface area (Å²) in [7, 11) is 0. The highest BCUT2D eigenvalue weighted by Crippen LogP contribution is 2.35. The summed E-state index contributed by atoms with van der Waals surface area (Å²) in [6, 6.07) is 1.31. The van der Waals surface area contributed by atoms with Crippen molar-refractivity contribution in [1.29, 1.82) is 0 Å². The number of nitrogens with one attached hydrogen (secondary N) is 1. The van der Waals surface area contributed by atoms with Crippen molar-refractivity contribution in [2.24, 2.45) is 0 Å². The van der Waals surface area contributed by atoms with E-state index >= 15 is 0 Å². The number of aryl methyl sites for hydroxylation is 2. The second-order valence-electron chi connectivity index (χ2n) is 9.43. The van der Waals surface area contributed by atoms with Gasteiger partial charge < -0.3 is 19.7 Å². The molecule has 0 amide bonds. The molecule has 0 spiro atoms. The first kappa shape index (κ1) is 25.9. The summed E-state index contributed by atoms with van der Waals surface area (Å²) in [5, 5.41) is 13.8. The number of pyridine rings is 1. The van der Waals surface area contributed by atoms with Crippen LogP contribution in [-0.2, 0) is 12.2 Å². The van der Waals surface area contributed by atoms with Gasteiger partial charge in [0.1, 0.15) is 34.5 Å². The van der Waals surface area contributed by atoms with Gasteiger partial charge in [-0.1, -0.05) is 0 Å². The molecule has 0 radical (unpaired) electrons. The van der Waals surface area contributed by atoms with Crippen molar-refractivity contribution >= 4 is 15.9 Å². The van der Waals surface area contributed by atoms with Gasteiger partial charge >= 0.3 is 0 Å². The van der Waals surface area contributed by atoms with E-state index in [9.17, 15) is 14.3 Å². The molecule has 1 aliphatic rings. The Bertz CT molecular complexity index is 1390. The van der Waals surface area contributed by atoms with E-state index in [0.29, 0.717) is 23.7 Å². The monoisotopic (exact) mass is 558 g/mol. The molecule has 9 nitrogen and oxygen atoms in total. The first-order valence-corrected chi connectivity index (χ1v) is 12.2. The van der Waals surface area contributed by atoms with E-state index < -0.39 is 11.4 Å². The van der Waals surface area contributed by atoms with E-state index in [1.165, 1.54) is 6.33 Å². The maximum Gasteiger partial charge on any atom is 0.269 e. The third-order valence-corrected chi connectivity index (χ3v) is 6.88. The number of aromatic nitrogens is 5. The zero-order chi connectivity index (χ0) is 26.2. The molecule has 0 unspecified atom stereocenters.